The van der Waals surface area contributed by atoms with Gasteiger partial charge in [0, 0.05) is 26.1 Å². The number of aromatic nitrogens is 2. The van der Waals surface area contributed by atoms with E-state index in [2.05, 4.69) is 15.5 Å². The van der Waals surface area contributed by atoms with Crippen LogP contribution in [0.25, 0.3) is 0 Å². The topological polar surface area (TPSA) is 77.0 Å². The fourth-order valence-electron chi connectivity index (χ4n) is 1.12. The molecule has 0 unspecified atom stereocenters. The van der Waals surface area contributed by atoms with Gasteiger partial charge in [0.25, 0.3) is 0 Å². The summed E-state index contributed by atoms with van der Waals surface area (Å²) in [5, 5.41) is 11.0. The van der Waals surface area contributed by atoms with Crippen molar-refractivity contribution in [1.29, 1.82) is 0 Å². The Morgan fingerprint density at radius 2 is 2.33 bits per heavy atom. The van der Waals surface area contributed by atoms with Crippen molar-refractivity contribution in [3.63, 3.8) is 0 Å². The predicted octanol–water partition coefficient (Wildman–Crippen LogP) is -0.742. The van der Waals surface area contributed by atoms with Crippen LogP contribution in [0, 0.1) is 0 Å². The smallest absolute Gasteiger partial charge is 0.222 e. The van der Waals surface area contributed by atoms with Crippen molar-refractivity contribution < 1.29 is 4.42 Å². The van der Waals surface area contributed by atoms with Crippen molar-refractivity contribution in [2.75, 3.05) is 19.6 Å². The molecule has 2 rings (SSSR count). The molecule has 0 saturated carbocycles. The fourth-order valence-corrected chi connectivity index (χ4v) is 1.12. The quantitative estimate of drug-likeness (QED) is 0.621. The third-order valence-electron chi connectivity index (χ3n) is 1.97. The summed E-state index contributed by atoms with van der Waals surface area (Å²) in [6.45, 7) is 2.46. The molecule has 0 amide bonds. The third-order valence-corrected chi connectivity index (χ3v) is 1.97. The van der Waals surface area contributed by atoms with Gasteiger partial charge in [0.05, 0.1) is 5.92 Å². The third kappa shape index (κ3) is 1.33. The first-order valence-electron chi connectivity index (χ1n) is 4.13. The van der Waals surface area contributed by atoms with E-state index >= 15 is 0 Å². The summed E-state index contributed by atoms with van der Waals surface area (Å²) >= 11 is 0. The molecule has 0 aromatic carbocycles. The van der Waals surface area contributed by atoms with Crippen molar-refractivity contribution in [3.05, 3.63) is 11.8 Å². The molecular weight excluding hydrogens is 156 g/mol. The standard InChI is InChI=1S/C7H12N4O/c8-2-1-6-10-11-7(12-6)5-3-9-4-5/h5,9H,1-4,8H2. The number of hydrogen-bond donors (Lipinski definition) is 2. The molecule has 0 spiro atoms. The van der Waals surface area contributed by atoms with Gasteiger partial charge in [-0.3, -0.25) is 0 Å². The van der Waals surface area contributed by atoms with Gasteiger partial charge in [0.2, 0.25) is 11.8 Å². The van der Waals surface area contributed by atoms with Gasteiger partial charge in [-0.1, -0.05) is 0 Å². The molecule has 1 aliphatic heterocycles. The minimum absolute atomic E-state index is 0.420. The highest BCUT2D eigenvalue weighted by Crippen LogP contribution is 2.17. The van der Waals surface area contributed by atoms with E-state index in [1.807, 2.05) is 0 Å². The maximum atomic E-state index is 5.39. The molecule has 2 heterocycles. The van der Waals surface area contributed by atoms with Crippen LogP contribution in [-0.4, -0.2) is 29.8 Å². The lowest BCUT2D eigenvalue weighted by molar-refractivity contribution is 0.345. The minimum Gasteiger partial charge on any atom is -0.425 e. The lowest BCUT2D eigenvalue weighted by Gasteiger charge is -2.22. The van der Waals surface area contributed by atoms with Crippen LogP contribution in [0.1, 0.15) is 17.7 Å². The largest absolute Gasteiger partial charge is 0.425 e. The zero-order valence-electron chi connectivity index (χ0n) is 6.79. The molecule has 0 radical (unpaired) electrons. The van der Waals surface area contributed by atoms with Crippen LogP contribution in [0.3, 0.4) is 0 Å². The molecule has 1 saturated heterocycles. The summed E-state index contributed by atoms with van der Waals surface area (Å²) < 4.78 is 5.39. The van der Waals surface area contributed by atoms with Crippen molar-refractivity contribution in [2.24, 2.45) is 5.73 Å². The monoisotopic (exact) mass is 168 g/mol. The van der Waals surface area contributed by atoms with E-state index < -0.39 is 0 Å². The van der Waals surface area contributed by atoms with E-state index in [1.165, 1.54) is 0 Å². The maximum Gasteiger partial charge on any atom is 0.222 e. The van der Waals surface area contributed by atoms with Gasteiger partial charge in [-0.2, -0.15) is 0 Å². The average Bonchev–Trinajstić information content (AvgIpc) is 2.34. The molecule has 1 fully saturated rings. The van der Waals surface area contributed by atoms with E-state index in [-0.39, 0.29) is 0 Å². The second-order valence-electron chi connectivity index (χ2n) is 2.93. The van der Waals surface area contributed by atoms with Gasteiger partial charge in [-0.15, -0.1) is 10.2 Å². The molecule has 0 bridgehead atoms. The molecule has 1 aromatic rings. The second kappa shape index (κ2) is 3.20. The summed E-state index contributed by atoms with van der Waals surface area (Å²) in [5.41, 5.74) is 5.35. The fraction of sp³-hybridized carbons (Fsp3) is 0.714. The van der Waals surface area contributed by atoms with Crippen LogP contribution in [0.4, 0.5) is 0 Å². The Morgan fingerprint density at radius 1 is 1.50 bits per heavy atom. The zero-order chi connectivity index (χ0) is 8.39. The first-order valence-corrected chi connectivity index (χ1v) is 4.13. The average molecular weight is 168 g/mol. The van der Waals surface area contributed by atoms with Crippen molar-refractivity contribution in [3.8, 4) is 0 Å². The van der Waals surface area contributed by atoms with Gasteiger partial charge in [0.1, 0.15) is 0 Å². The van der Waals surface area contributed by atoms with Crippen LogP contribution in [0.2, 0.25) is 0 Å². The summed E-state index contributed by atoms with van der Waals surface area (Å²) in [5.74, 6) is 1.82. The molecule has 1 aromatic heterocycles. The SMILES string of the molecule is NCCc1nnc(C2CNC2)o1. The summed E-state index contributed by atoms with van der Waals surface area (Å²) in [7, 11) is 0. The van der Waals surface area contributed by atoms with E-state index in [4.69, 9.17) is 10.2 Å². The normalized spacial score (nSPS) is 17.8. The predicted molar refractivity (Wildman–Crippen MR) is 42.7 cm³/mol. The van der Waals surface area contributed by atoms with E-state index in [0.29, 0.717) is 24.8 Å². The van der Waals surface area contributed by atoms with Crippen LogP contribution < -0.4 is 11.1 Å². The lowest BCUT2D eigenvalue weighted by atomic mass is 10.0. The van der Waals surface area contributed by atoms with Gasteiger partial charge in [-0.05, 0) is 0 Å². The number of nitrogens with zero attached hydrogens (tertiary/aromatic N) is 2. The van der Waals surface area contributed by atoms with E-state index in [1.54, 1.807) is 0 Å². The van der Waals surface area contributed by atoms with E-state index in [9.17, 15) is 0 Å². The summed E-state index contributed by atoms with van der Waals surface area (Å²) in [6.07, 6.45) is 0.674. The Morgan fingerprint density at radius 3 is 2.92 bits per heavy atom. The van der Waals surface area contributed by atoms with Gasteiger partial charge in [-0.25, -0.2) is 0 Å². The molecule has 0 atom stereocenters. The van der Waals surface area contributed by atoms with E-state index in [0.717, 1.165) is 19.0 Å². The summed E-state index contributed by atoms with van der Waals surface area (Å²) in [4.78, 5) is 0. The van der Waals surface area contributed by atoms with Crippen LogP contribution in [0.5, 0.6) is 0 Å². The molecule has 3 N–H and O–H groups in total. The Kier molecular flexibility index (Phi) is 2.05. The molecule has 5 heteroatoms. The second-order valence-corrected chi connectivity index (χ2v) is 2.93. The van der Waals surface area contributed by atoms with Crippen LogP contribution in [-0.2, 0) is 6.42 Å². The first-order chi connectivity index (χ1) is 5.90. The first kappa shape index (κ1) is 7.70. The summed E-state index contributed by atoms with van der Waals surface area (Å²) in [6, 6.07) is 0. The number of rotatable bonds is 3. The molecular formula is C7H12N4O. The molecule has 12 heavy (non-hydrogen) atoms. The highest BCUT2D eigenvalue weighted by molar-refractivity contribution is 4.99. The number of nitrogens with one attached hydrogen (secondary N) is 1. The van der Waals surface area contributed by atoms with Crippen molar-refractivity contribution in [1.82, 2.24) is 15.5 Å². The highest BCUT2D eigenvalue weighted by Gasteiger charge is 2.24. The minimum atomic E-state index is 0.420. The maximum absolute atomic E-state index is 5.39. The van der Waals surface area contributed by atoms with Crippen LogP contribution in [0.15, 0.2) is 4.42 Å². The zero-order valence-corrected chi connectivity index (χ0v) is 6.79. The molecule has 66 valence electrons. The lowest BCUT2D eigenvalue weighted by Crippen LogP contribution is -2.40. The van der Waals surface area contributed by atoms with Gasteiger partial charge in [0.15, 0.2) is 0 Å². The molecule has 1 aliphatic rings. The number of nitrogens with two attached hydrogens (primary N) is 1. The molecule has 5 nitrogen and oxygen atoms in total. The Labute approximate surface area is 70.3 Å². The Bertz CT molecular complexity index is 256. The van der Waals surface area contributed by atoms with Crippen molar-refractivity contribution >= 4 is 0 Å². The van der Waals surface area contributed by atoms with Gasteiger partial charge < -0.3 is 15.5 Å². The van der Waals surface area contributed by atoms with Crippen LogP contribution >= 0.6 is 0 Å². The van der Waals surface area contributed by atoms with Crippen molar-refractivity contribution in [2.45, 2.75) is 12.3 Å². The highest BCUT2D eigenvalue weighted by atomic mass is 16.4. The number of hydrogen-bond acceptors (Lipinski definition) is 5. The Hall–Kier alpha value is -0.940. The van der Waals surface area contributed by atoms with Gasteiger partial charge >= 0.3 is 0 Å². The Balaban J connectivity index is 2.02. The molecule has 0 aliphatic carbocycles.